The minimum absolute atomic E-state index is 3.02. The first-order valence-corrected chi connectivity index (χ1v) is 6.27. The molecule has 0 spiro atoms. The van der Waals surface area contributed by atoms with E-state index in [1.54, 1.807) is 0 Å². The van der Waals surface area contributed by atoms with Crippen LogP contribution in [0.2, 0.25) is 0 Å². The minimum atomic E-state index is -5.61. The molecule has 9 heavy (non-hydrogen) atoms. The molecule has 0 saturated carbocycles. The Balaban J connectivity index is 4.07. The molecule has 0 aliphatic carbocycles. The second-order valence-electron chi connectivity index (χ2n) is 1.06. The van der Waals surface area contributed by atoms with Crippen molar-refractivity contribution in [1.29, 1.82) is 0 Å². The zero-order valence-corrected chi connectivity index (χ0v) is 6.68. The molecule has 0 unspecified atom stereocenters. The third-order valence-electron chi connectivity index (χ3n) is 0.213. The normalized spacial score (nSPS) is 13.8. The average Bonchev–Trinajstić information content (AvgIpc) is 1.14. The molecular weight excluding hydrogens is 218 g/mol. The Bertz CT molecular complexity index is 149. The van der Waals surface area contributed by atoms with Crippen LogP contribution in [0, 0.1) is 0 Å². The molecule has 0 heterocycles. The maximum absolute atomic E-state index is 9.69. The van der Waals surface area contributed by atoms with Gasteiger partial charge in [0.1, 0.15) is 0 Å². The van der Waals surface area contributed by atoms with Gasteiger partial charge in [0, 0.05) is 0 Å². The molecule has 0 amide bonds. The van der Waals surface area contributed by atoms with Gasteiger partial charge in [0.25, 0.3) is 0 Å². The third-order valence-corrected chi connectivity index (χ3v) is 3.32. The quantitative estimate of drug-likeness (QED) is 0.313. The summed E-state index contributed by atoms with van der Waals surface area (Å²) < 4.78 is 38.0. The second-order valence-corrected chi connectivity index (χ2v) is 5.29. The predicted octanol–water partition coefficient (Wildman–Crippen LogP) is -2.05. The van der Waals surface area contributed by atoms with E-state index < -0.39 is 22.3 Å². The molecule has 4 N–H and O–H groups in total. The Hall–Kier alpha value is 0.388. The van der Waals surface area contributed by atoms with Crippen molar-refractivity contribution < 1.29 is 29.8 Å². The van der Waals surface area contributed by atoms with Crippen molar-refractivity contribution in [3.63, 3.8) is 0 Å². The van der Waals surface area contributed by atoms with Gasteiger partial charge in [0.2, 0.25) is 0 Å². The first-order chi connectivity index (χ1) is 3.71. The molecule has 0 rings (SSSR count). The van der Waals surface area contributed by atoms with Crippen molar-refractivity contribution >= 4 is 22.3 Å². The van der Waals surface area contributed by atoms with Crippen molar-refractivity contribution in [2.24, 2.45) is 0 Å². The van der Waals surface area contributed by atoms with E-state index >= 15 is 0 Å². The summed E-state index contributed by atoms with van der Waals surface area (Å²) in [6.07, 6.45) is 0. The summed E-state index contributed by atoms with van der Waals surface area (Å²) in [5.41, 5.74) is 0. The molecule has 0 fully saturated rings. The van der Waals surface area contributed by atoms with Gasteiger partial charge in [0.05, 0.1) is 0 Å². The van der Waals surface area contributed by atoms with E-state index in [9.17, 15) is 8.30 Å². The predicted molar refractivity (Wildman–Crippen MR) is 24.0 cm³/mol. The van der Waals surface area contributed by atoms with E-state index in [0.29, 0.717) is 0 Å². The fraction of sp³-hybridized carbons (Fsp3) is 0. The summed E-state index contributed by atoms with van der Waals surface area (Å²) in [6, 6.07) is 0. The first kappa shape index (κ1) is 9.39. The van der Waals surface area contributed by atoms with Gasteiger partial charge in [-0.3, -0.25) is 0 Å². The van der Waals surface area contributed by atoms with Crippen LogP contribution in [0.5, 0.6) is 0 Å². The molecule has 56 valence electrons. The van der Waals surface area contributed by atoms with E-state index in [1.807, 2.05) is 0 Å². The van der Waals surface area contributed by atoms with Crippen LogP contribution in [-0.2, 0) is 11.8 Å². The fourth-order valence-electron chi connectivity index (χ4n) is 0.139. The van der Waals surface area contributed by atoms with Gasteiger partial charge in [-0.1, -0.05) is 0 Å². The van der Waals surface area contributed by atoms with Gasteiger partial charge < -0.3 is 0 Å². The summed E-state index contributed by atoms with van der Waals surface area (Å²) in [5, 5.41) is 0. The van der Waals surface area contributed by atoms with Gasteiger partial charge in [-0.2, -0.15) is 0 Å². The van der Waals surface area contributed by atoms with Gasteiger partial charge in [-0.15, -0.1) is 0 Å². The number of rotatable bonds is 2. The Kier molecular flexibility index (Phi) is 2.66. The van der Waals surface area contributed by atoms with Crippen LogP contribution < -0.4 is 0 Å². The van der Waals surface area contributed by atoms with Crippen molar-refractivity contribution in [3.8, 4) is 0 Å². The Morgan fingerprint density at radius 1 is 1.33 bits per heavy atom. The number of hydrogen-bond donors (Lipinski definition) is 4. The average molecular weight is 222 g/mol. The van der Waals surface area contributed by atoms with E-state index in [4.69, 9.17) is 18.0 Å². The van der Waals surface area contributed by atoms with Crippen LogP contribution in [-0.4, -0.2) is 32.5 Å². The van der Waals surface area contributed by atoms with Gasteiger partial charge in [0.15, 0.2) is 0 Å². The first-order valence-electron chi connectivity index (χ1n) is 1.53. The van der Waals surface area contributed by atoms with E-state index in [-0.39, 0.29) is 0 Å². The fourth-order valence-corrected chi connectivity index (χ4v) is 2.16. The third kappa shape index (κ3) is 8.39. The zero-order valence-electron chi connectivity index (χ0n) is 3.91. The van der Waals surface area contributed by atoms with E-state index in [1.165, 1.54) is 0 Å². The topological polar surface area (TPSA) is 124 Å². The molecule has 0 aliphatic heterocycles. The molecule has 9 heteroatoms. The van der Waals surface area contributed by atoms with Crippen LogP contribution in [0.1, 0.15) is 0 Å². The van der Waals surface area contributed by atoms with Crippen molar-refractivity contribution in [2.45, 2.75) is 0 Å². The van der Waals surface area contributed by atoms with Crippen LogP contribution in [0.25, 0.3) is 0 Å². The summed E-state index contributed by atoms with van der Waals surface area (Å²) >= 11 is -5.61. The summed E-state index contributed by atoms with van der Waals surface area (Å²) in [5.74, 6) is 0. The SMILES string of the molecule is O=P(O)(O)O[As](=O)(O)O. The molecule has 0 aromatic rings. The van der Waals surface area contributed by atoms with E-state index in [2.05, 4.69) is 3.51 Å². The molecular formula is H4AsO7P. The van der Waals surface area contributed by atoms with Crippen molar-refractivity contribution in [3.05, 3.63) is 0 Å². The molecule has 0 radical (unpaired) electrons. The Morgan fingerprint density at radius 3 is 1.67 bits per heavy atom. The molecule has 0 atom stereocenters. The van der Waals surface area contributed by atoms with Crippen molar-refractivity contribution in [1.82, 2.24) is 0 Å². The van der Waals surface area contributed by atoms with E-state index in [0.717, 1.165) is 0 Å². The zero-order chi connectivity index (χ0) is 7.71. The summed E-state index contributed by atoms with van der Waals surface area (Å²) in [4.78, 5) is 15.5. The van der Waals surface area contributed by atoms with Crippen LogP contribution in [0.3, 0.4) is 0 Å². The second kappa shape index (κ2) is 2.55. The molecule has 0 aromatic heterocycles. The Labute approximate surface area is 52.9 Å². The van der Waals surface area contributed by atoms with Crippen LogP contribution in [0.15, 0.2) is 0 Å². The summed E-state index contributed by atoms with van der Waals surface area (Å²) in [6.45, 7) is 0. The van der Waals surface area contributed by atoms with Crippen LogP contribution >= 0.6 is 7.82 Å². The summed E-state index contributed by atoms with van der Waals surface area (Å²) in [7, 11) is -5.02. The molecule has 0 aliphatic rings. The van der Waals surface area contributed by atoms with Crippen LogP contribution in [0.4, 0.5) is 0 Å². The number of hydrogen-bond acceptors (Lipinski definition) is 3. The molecule has 0 aromatic carbocycles. The Morgan fingerprint density at radius 2 is 1.67 bits per heavy atom. The molecule has 0 saturated heterocycles. The number of phosphoric acid groups is 1. The molecule has 0 bridgehead atoms. The maximum atomic E-state index is 9.69. The van der Waals surface area contributed by atoms with Gasteiger partial charge >= 0.3 is 52.1 Å². The molecule has 7 nitrogen and oxygen atoms in total. The monoisotopic (exact) mass is 222 g/mol. The standard InChI is InChI=1S/AsH4O7P/c2-1(3,4)8-9(5,6)7/h(H2,2,3,4)(H2,5,6,7). The van der Waals surface area contributed by atoms with Gasteiger partial charge in [-0.05, 0) is 0 Å². The van der Waals surface area contributed by atoms with Gasteiger partial charge in [-0.25, -0.2) is 0 Å². The van der Waals surface area contributed by atoms with Crippen molar-refractivity contribution in [2.75, 3.05) is 0 Å².